The molecule has 0 radical (unpaired) electrons. The van der Waals surface area contributed by atoms with E-state index in [9.17, 15) is 9.46 Å². The fourth-order valence-electron chi connectivity index (χ4n) is 5.40. The van der Waals surface area contributed by atoms with Gasteiger partial charge in [0.2, 0.25) is 0 Å². The molecule has 2 fully saturated rings. The standard InChI is InChI=1S/C20H28N5O7PSi.C12H27N/c1-20(2,3)34(4,5)32-15-14-12(9-29-33(26,27)31-14)30-19(15)25-17(11-7-6-8-28-11)24-13-16(21)22-10-23-18(13)25;1-4-7-10-13(11-8-5-2)12-9-6-3/h6-8,10,12,14-15,19H,9H2,1-5H3,(H,26,27)(H2,21,22,23);4-12H2,1-3H3/t12-,14-,15-,19-;/m1./s1. The van der Waals surface area contributed by atoms with E-state index in [1.165, 1.54) is 70.7 Å². The average molecular weight is 695 g/mol. The maximum absolute atomic E-state index is 12.3. The summed E-state index contributed by atoms with van der Waals surface area (Å²) in [6.07, 6.45) is 7.91. The number of nitrogens with zero attached hydrogens (tertiary/aromatic N) is 5. The van der Waals surface area contributed by atoms with Crippen LogP contribution in [0.15, 0.2) is 29.1 Å². The van der Waals surface area contributed by atoms with E-state index in [4.69, 9.17) is 28.4 Å². The number of imidazole rings is 1. The van der Waals surface area contributed by atoms with Crippen molar-refractivity contribution in [3.8, 4) is 11.6 Å². The molecule has 47 heavy (non-hydrogen) atoms. The van der Waals surface area contributed by atoms with Gasteiger partial charge in [-0.2, -0.15) is 0 Å². The second-order valence-electron chi connectivity index (χ2n) is 13.9. The van der Waals surface area contributed by atoms with Crippen molar-refractivity contribution in [1.82, 2.24) is 24.4 Å². The van der Waals surface area contributed by atoms with E-state index in [-0.39, 0.29) is 17.5 Å². The number of furan rings is 1. The highest BCUT2D eigenvalue weighted by Gasteiger charge is 2.56. The fraction of sp³-hybridized carbons (Fsp3) is 0.719. The Labute approximate surface area is 280 Å². The summed E-state index contributed by atoms with van der Waals surface area (Å²) < 4.78 is 43.3. The van der Waals surface area contributed by atoms with Crippen LogP contribution >= 0.6 is 7.82 Å². The van der Waals surface area contributed by atoms with Crippen molar-refractivity contribution in [1.29, 1.82) is 0 Å². The Balaban J connectivity index is 0.000000328. The normalized spacial score (nSPS) is 24.8. The molecule has 0 amide bonds. The van der Waals surface area contributed by atoms with Crippen LogP contribution in [0.5, 0.6) is 0 Å². The highest BCUT2D eigenvalue weighted by molar-refractivity contribution is 7.47. The predicted octanol–water partition coefficient (Wildman–Crippen LogP) is 7.16. The molecule has 5 atom stereocenters. The molecule has 0 spiro atoms. The van der Waals surface area contributed by atoms with Crippen LogP contribution in [-0.4, -0.2) is 82.2 Å². The minimum absolute atomic E-state index is 0.119. The van der Waals surface area contributed by atoms with Gasteiger partial charge in [-0.1, -0.05) is 60.8 Å². The smallest absolute Gasteiger partial charge is 0.461 e. The van der Waals surface area contributed by atoms with Crippen LogP contribution < -0.4 is 5.73 Å². The Kier molecular flexibility index (Phi) is 12.8. The first-order valence-corrected chi connectivity index (χ1v) is 21.4. The molecule has 3 aromatic heterocycles. The lowest BCUT2D eigenvalue weighted by Gasteiger charge is -2.41. The van der Waals surface area contributed by atoms with Crippen LogP contribution in [0.25, 0.3) is 22.7 Å². The largest absolute Gasteiger partial charge is 0.472 e. The number of hydrogen-bond acceptors (Lipinski definition) is 11. The molecular formula is C32H55N6O7PSi. The lowest BCUT2D eigenvalue weighted by atomic mass is 10.1. The highest BCUT2D eigenvalue weighted by Crippen LogP contribution is 2.54. The Morgan fingerprint density at radius 1 is 1.11 bits per heavy atom. The van der Waals surface area contributed by atoms with Gasteiger partial charge in [0.25, 0.3) is 0 Å². The molecule has 2 saturated heterocycles. The molecule has 0 saturated carbocycles. The molecule has 2 aliphatic rings. The molecule has 13 nitrogen and oxygen atoms in total. The zero-order valence-electron chi connectivity index (χ0n) is 29.3. The second kappa shape index (κ2) is 16.0. The van der Waals surface area contributed by atoms with Crippen LogP contribution in [0, 0.1) is 0 Å². The maximum atomic E-state index is 12.3. The molecular weight excluding hydrogens is 639 g/mol. The number of nitrogen functional groups attached to an aromatic ring is 1. The lowest BCUT2D eigenvalue weighted by Crippen LogP contribution is -2.50. The van der Waals surface area contributed by atoms with E-state index >= 15 is 0 Å². The Bertz CT molecular complexity index is 1440. The average Bonchev–Trinajstić information content (AvgIpc) is 3.74. The first-order valence-electron chi connectivity index (χ1n) is 17.0. The van der Waals surface area contributed by atoms with Gasteiger partial charge in [0.15, 0.2) is 43.1 Å². The minimum Gasteiger partial charge on any atom is -0.461 e. The first kappa shape index (κ1) is 37.7. The van der Waals surface area contributed by atoms with Crippen LogP contribution in [0.3, 0.4) is 0 Å². The Hall–Kier alpha value is -2.16. The summed E-state index contributed by atoms with van der Waals surface area (Å²) in [6.45, 7) is 21.2. The van der Waals surface area contributed by atoms with Crippen molar-refractivity contribution in [3.63, 3.8) is 0 Å². The van der Waals surface area contributed by atoms with Crippen LogP contribution in [0.4, 0.5) is 5.82 Å². The quantitative estimate of drug-likeness (QED) is 0.137. The van der Waals surface area contributed by atoms with E-state index in [1.54, 1.807) is 16.7 Å². The van der Waals surface area contributed by atoms with E-state index in [1.807, 2.05) is 0 Å². The van der Waals surface area contributed by atoms with Crippen molar-refractivity contribution in [2.75, 3.05) is 32.0 Å². The molecule has 0 aliphatic carbocycles. The van der Waals surface area contributed by atoms with Crippen LogP contribution in [0.2, 0.25) is 18.1 Å². The molecule has 0 bridgehead atoms. The Morgan fingerprint density at radius 3 is 2.30 bits per heavy atom. The maximum Gasteiger partial charge on any atom is 0.472 e. The van der Waals surface area contributed by atoms with Crippen molar-refractivity contribution >= 4 is 33.1 Å². The summed E-state index contributed by atoms with van der Waals surface area (Å²) >= 11 is 0. The van der Waals surface area contributed by atoms with Crippen LogP contribution in [0.1, 0.15) is 86.3 Å². The van der Waals surface area contributed by atoms with Gasteiger partial charge in [-0.15, -0.1) is 0 Å². The second-order valence-corrected chi connectivity index (χ2v) is 20.0. The van der Waals surface area contributed by atoms with Crippen LogP contribution in [-0.2, 0) is 22.8 Å². The first-order chi connectivity index (χ1) is 22.2. The topological polar surface area (TPSA) is 160 Å². The van der Waals surface area contributed by atoms with E-state index in [2.05, 4.69) is 74.5 Å². The number of phosphoric ester groups is 1. The van der Waals surface area contributed by atoms with Gasteiger partial charge in [0.05, 0.1) is 12.9 Å². The van der Waals surface area contributed by atoms with Gasteiger partial charge in [-0.3, -0.25) is 13.6 Å². The number of hydrogen-bond donors (Lipinski definition) is 2. The molecule has 1 unspecified atom stereocenters. The van der Waals surface area contributed by atoms with Crippen molar-refractivity contribution < 1.29 is 32.1 Å². The molecule has 0 aromatic carbocycles. The molecule has 264 valence electrons. The fourth-order valence-corrected chi connectivity index (χ4v) is 7.64. The third-order valence-electron chi connectivity index (χ3n) is 9.16. The highest BCUT2D eigenvalue weighted by atomic mass is 31.2. The summed E-state index contributed by atoms with van der Waals surface area (Å²) in [7, 11) is -6.65. The summed E-state index contributed by atoms with van der Waals surface area (Å²) in [5.41, 5.74) is 6.89. The zero-order valence-corrected chi connectivity index (χ0v) is 31.2. The van der Waals surface area contributed by atoms with Crippen molar-refractivity contribution in [3.05, 3.63) is 24.7 Å². The molecule has 5 heterocycles. The minimum atomic E-state index is -4.25. The van der Waals surface area contributed by atoms with Gasteiger partial charge in [0.1, 0.15) is 24.6 Å². The number of rotatable bonds is 13. The Morgan fingerprint density at radius 2 is 1.74 bits per heavy atom. The number of unbranched alkanes of at least 4 members (excludes halogenated alkanes) is 3. The van der Waals surface area contributed by atoms with Crippen molar-refractivity contribution in [2.24, 2.45) is 0 Å². The third-order valence-corrected chi connectivity index (χ3v) is 14.6. The van der Waals surface area contributed by atoms with Crippen molar-refractivity contribution in [2.45, 2.75) is 123 Å². The summed E-state index contributed by atoms with van der Waals surface area (Å²) in [5, 5.41) is -0.142. The van der Waals surface area contributed by atoms with Gasteiger partial charge in [0, 0.05) is 0 Å². The molecule has 3 aromatic rings. The summed E-state index contributed by atoms with van der Waals surface area (Å²) in [6, 6.07) is 3.50. The van der Waals surface area contributed by atoms with E-state index in [0.717, 1.165) is 0 Å². The van der Waals surface area contributed by atoms with E-state index < -0.39 is 40.7 Å². The summed E-state index contributed by atoms with van der Waals surface area (Å²) in [4.78, 5) is 25.8. The predicted molar refractivity (Wildman–Crippen MR) is 185 cm³/mol. The number of aromatic nitrogens is 4. The monoisotopic (exact) mass is 694 g/mol. The number of ether oxygens (including phenoxy) is 1. The third kappa shape index (κ3) is 9.10. The number of nitrogens with two attached hydrogens (primary N) is 1. The molecule has 15 heteroatoms. The number of fused-ring (bicyclic) bond motifs is 2. The van der Waals surface area contributed by atoms with Gasteiger partial charge in [-0.05, 0) is 69.2 Å². The molecule has 5 rings (SSSR count). The number of anilines is 1. The SMILES string of the molecule is CC(C)(C)[Si](C)(C)O[C@@H]1[C@@H]2OP(=O)(O)OC[C@H]2O[C@H]1n1c(-c2ccco2)nc2c(N)ncnc21.CCCCN(CCCC)CCCC. The van der Waals surface area contributed by atoms with Gasteiger partial charge in [-0.25, -0.2) is 19.5 Å². The molecule has 2 aliphatic heterocycles. The summed E-state index contributed by atoms with van der Waals surface area (Å²) in [5.74, 6) is 1.08. The lowest BCUT2D eigenvalue weighted by molar-refractivity contribution is -0.0660. The van der Waals surface area contributed by atoms with Gasteiger partial charge >= 0.3 is 7.82 Å². The number of phosphoric acid groups is 1. The van der Waals surface area contributed by atoms with E-state index in [0.29, 0.717) is 22.7 Å². The zero-order chi connectivity index (χ0) is 34.4. The van der Waals surface area contributed by atoms with Gasteiger partial charge < -0.3 is 29.1 Å². The molecule has 3 N–H and O–H groups in total.